The molecule has 0 spiro atoms. The van der Waals surface area contributed by atoms with Crippen LogP contribution in [0.4, 0.5) is 5.69 Å². The van der Waals surface area contributed by atoms with E-state index in [1.807, 2.05) is 6.92 Å². The normalized spacial score (nSPS) is 14.5. The maximum atomic E-state index is 12.8. The Bertz CT molecular complexity index is 891. The molecule has 0 aromatic heterocycles. The van der Waals surface area contributed by atoms with Crippen LogP contribution in [-0.4, -0.2) is 18.4 Å². The summed E-state index contributed by atoms with van der Waals surface area (Å²) in [5.41, 5.74) is 0.835. The summed E-state index contributed by atoms with van der Waals surface area (Å²) in [5, 5.41) is 0.193. The second kappa shape index (κ2) is 7.08. The quantitative estimate of drug-likeness (QED) is 0.689. The molecule has 0 saturated carbocycles. The number of carbonyl (C=O) groups excluding carboxylic acids is 2. The van der Waals surface area contributed by atoms with E-state index in [9.17, 15) is 9.59 Å². The van der Waals surface area contributed by atoms with E-state index in [4.69, 9.17) is 39.5 Å². The van der Waals surface area contributed by atoms with Crippen LogP contribution in [0.15, 0.2) is 47.5 Å². The first-order valence-corrected chi connectivity index (χ1v) is 8.55. The first kappa shape index (κ1) is 17.8. The fourth-order valence-electron chi connectivity index (χ4n) is 2.52. The Labute approximate surface area is 159 Å². The van der Waals surface area contributed by atoms with Crippen molar-refractivity contribution in [2.24, 2.45) is 0 Å². The van der Waals surface area contributed by atoms with Crippen molar-refractivity contribution < 1.29 is 14.3 Å². The third-order valence-corrected chi connectivity index (χ3v) is 4.81. The number of benzene rings is 2. The summed E-state index contributed by atoms with van der Waals surface area (Å²) in [7, 11) is 0. The third kappa shape index (κ3) is 3.13. The lowest BCUT2D eigenvalue weighted by atomic mass is 10.1. The summed E-state index contributed by atoms with van der Waals surface area (Å²) in [6.07, 6.45) is 0. The van der Waals surface area contributed by atoms with E-state index >= 15 is 0 Å². The zero-order valence-corrected chi connectivity index (χ0v) is 15.3. The predicted octanol–water partition coefficient (Wildman–Crippen LogP) is 4.92. The van der Waals surface area contributed by atoms with Gasteiger partial charge in [0.05, 0.1) is 27.9 Å². The molecule has 7 heteroatoms. The third-order valence-electron chi connectivity index (χ3n) is 3.65. The summed E-state index contributed by atoms with van der Waals surface area (Å²) >= 11 is 18.3. The summed E-state index contributed by atoms with van der Waals surface area (Å²) in [4.78, 5) is 26.3. The molecule has 0 bridgehead atoms. The molecule has 0 aliphatic carbocycles. The molecule has 2 amide bonds. The number of imide groups is 1. The summed E-state index contributed by atoms with van der Waals surface area (Å²) < 4.78 is 5.37. The first-order valence-electron chi connectivity index (χ1n) is 7.41. The van der Waals surface area contributed by atoms with Crippen molar-refractivity contribution in [3.05, 3.63) is 63.1 Å². The van der Waals surface area contributed by atoms with Crippen molar-refractivity contribution >= 4 is 57.9 Å². The average molecular weight is 397 g/mol. The molecule has 0 fully saturated rings. The maximum absolute atomic E-state index is 12.8. The molecule has 2 aromatic rings. The minimum atomic E-state index is -0.639. The smallest absolute Gasteiger partial charge is 0.277 e. The van der Waals surface area contributed by atoms with Crippen LogP contribution in [0.5, 0.6) is 5.75 Å². The van der Waals surface area contributed by atoms with Gasteiger partial charge >= 0.3 is 0 Å². The Hall–Kier alpha value is -2.01. The van der Waals surface area contributed by atoms with E-state index in [0.29, 0.717) is 17.9 Å². The predicted molar refractivity (Wildman–Crippen MR) is 99.3 cm³/mol. The lowest BCUT2D eigenvalue weighted by Gasteiger charge is -2.17. The largest absolute Gasteiger partial charge is 0.494 e. The summed E-state index contributed by atoms with van der Waals surface area (Å²) in [5.74, 6) is -0.530. The van der Waals surface area contributed by atoms with Gasteiger partial charge in [0.25, 0.3) is 11.8 Å². The number of ether oxygens (including phenoxy) is 1. The number of hydrogen-bond donors (Lipinski definition) is 0. The highest BCUT2D eigenvalue weighted by atomic mass is 35.5. The molecule has 1 heterocycles. The number of halogens is 3. The van der Waals surface area contributed by atoms with Gasteiger partial charge in [0.1, 0.15) is 10.8 Å². The molecule has 4 nitrogen and oxygen atoms in total. The summed E-state index contributed by atoms with van der Waals surface area (Å²) in [6.45, 7) is 2.40. The van der Waals surface area contributed by atoms with Gasteiger partial charge in [-0.3, -0.25) is 9.59 Å². The highest BCUT2D eigenvalue weighted by Gasteiger charge is 2.40. The number of rotatable bonds is 4. The molecule has 0 unspecified atom stereocenters. The number of carbonyl (C=O) groups is 2. The van der Waals surface area contributed by atoms with Crippen molar-refractivity contribution in [1.82, 2.24) is 0 Å². The number of anilines is 1. The molecule has 0 saturated heterocycles. The van der Waals surface area contributed by atoms with Gasteiger partial charge in [-0.1, -0.05) is 53.0 Å². The van der Waals surface area contributed by atoms with Crippen molar-refractivity contribution in [3.8, 4) is 5.75 Å². The Morgan fingerprint density at radius 1 is 0.960 bits per heavy atom. The average Bonchev–Trinajstić information content (AvgIpc) is 2.81. The van der Waals surface area contributed by atoms with Crippen molar-refractivity contribution in [2.75, 3.05) is 11.5 Å². The van der Waals surface area contributed by atoms with E-state index in [0.717, 1.165) is 4.90 Å². The van der Waals surface area contributed by atoms with Gasteiger partial charge in [-0.25, -0.2) is 4.90 Å². The molecule has 3 rings (SSSR count). The van der Waals surface area contributed by atoms with Gasteiger partial charge in [-0.05, 0) is 36.8 Å². The zero-order valence-electron chi connectivity index (χ0n) is 13.1. The Morgan fingerprint density at radius 2 is 1.64 bits per heavy atom. The maximum Gasteiger partial charge on any atom is 0.277 e. The van der Waals surface area contributed by atoms with Crippen molar-refractivity contribution in [2.45, 2.75) is 6.92 Å². The van der Waals surface area contributed by atoms with E-state index in [2.05, 4.69) is 0 Å². The van der Waals surface area contributed by atoms with Gasteiger partial charge in [-0.2, -0.15) is 0 Å². The molecule has 0 radical (unpaired) electrons. The fourth-order valence-corrected chi connectivity index (χ4v) is 3.18. The number of amides is 2. The Kier molecular flexibility index (Phi) is 5.04. The molecule has 128 valence electrons. The molecule has 1 aliphatic heterocycles. The van der Waals surface area contributed by atoms with Crippen molar-refractivity contribution in [3.63, 3.8) is 0 Å². The second-order valence-electron chi connectivity index (χ2n) is 5.17. The minimum Gasteiger partial charge on any atom is -0.494 e. The van der Waals surface area contributed by atoms with E-state index in [1.165, 1.54) is 6.07 Å². The highest BCUT2D eigenvalue weighted by Crippen LogP contribution is 2.40. The monoisotopic (exact) mass is 395 g/mol. The standard InChI is InChI=1S/C18H12Cl3NO3/c1-2-25-11-8-6-10(7-9-11)14-16(21)18(24)22(17(14)23)13-5-3-4-12(19)15(13)20/h3-9H,2H2,1H3. The summed E-state index contributed by atoms with van der Waals surface area (Å²) in [6, 6.07) is 11.5. The molecule has 0 N–H and O–H groups in total. The molecular weight excluding hydrogens is 385 g/mol. The van der Waals surface area contributed by atoms with Gasteiger partial charge in [-0.15, -0.1) is 0 Å². The van der Waals surface area contributed by atoms with Gasteiger partial charge in [0, 0.05) is 0 Å². The Balaban J connectivity index is 2.01. The van der Waals surface area contributed by atoms with Crippen LogP contribution in [0.3, 0.4) is 0 Å². The lowest BCUT2D eigenvalue weighted by molar-refractivity contribution is -0.119. The van der Waals surface area contributed by atoms with Crippen LogP contribution >= 0.6 is 34.8 Å². The zero-order chi connectivity index (χ0) is 18.1. The van der Waals surface area contributed by atoms with E-state index < -0.39 is 11.8 Å². The molecular formula is C18H12Cl3NO3. The SMILES string of the molecule is CCOc1ccc(C2=C(Cl)C(=O)N(c3cccc(Cl)c3Cl)C2=O)cc1. The van der Waals surface area contributed by atoms with E-state index in [1.54, 1.807) is 36.4 Å². The van der Waals surface area contributed by atoms with Crippen LogP contribution in [0.25, 0.3) is 5.57 Å². The Morgan fingerprint density at radius 3 is 2.28 bits per heavy atom. The first-order chi connectivity index (χ1) is 12.0. The topological polar surface area (TPSA) is 46.6 Å². The number of hydrogen-bond acceptors (Lipinski definition) is 3. The molecule has 1 aliphatic rings. The minimum absolute atomic E-state index is 0.114. The van der Waals surface area contributed by atoms with Gasteiger partial charge in [0.2, 0.25) is 0 Å². The number of nitrogens with zero attached hydrogens (tertiary/aromatic N) is 1. The molecule has 25 heavy (non-hydrogen) atoms. The highest BCUT2D eigenvalue weighted by molar-refractivity contribution is 6.61. The molecule has 2 aromatic carbocycles. The van der Waals surface area contributed by atoms with Crippen LogP contribution in [0.2, 0.25) is 10.0 Å². The van der Waals surface area contributed by atoms with Crippen LogP contribution < -0.4 is 9.64 Å². The van der Waals surface area contributed by atoms with Crippen molar-refractivity contribution in [1.29, 1.82) is 0 Å². The van der Waals surface area contributed by atoms with Gasteiger partial charge in [0.15, 0.2) is 0 Å². The second-order valence-corrected chi connectivity index (χ2v) is 6.33. The molecule has 0 atom stereocenters. The lowest BCUT2D eigenvalue weighted by Crippen LogP contribution is -2.31. The van der Waals surface area contributed by atoms with Crippen LogP contribution in [0.1, 0.15) is 12.5 Å². The van der Waals surface area contributed by atoms with Crippen LogP contribution in [-0.2, 0) is 9.59 Å². The van der Waals surface area contributed by atoms with E-state index in [-0.39, 0.29) is 26.3 Å². The van der Waals surface area contributed by atoms with Crippen LogP contribution in [0, 0.1) is 0 Å². The fraction of sp³-hybridized carbons (Fsp3) is 0.111. The van der Waals surface area contributed by atoms with Gasteiger partial charge < -0.3 is 4.74 Å².